The molecule has 0 spiro atoms. The number of nitrogens with zero attached hydrogens (tertiary/aromatic N) is 4. The van der Waals surface area contributed by atoms with E-state index in [0.29, 0.717) is 11.9 Å². The lowest BCUT2D eigenvalue weighted by atomic mass is 10.1. The van der Waals surface area contributed by atoms with E-state index < -0.39 is 0 Å². The van der Waals surface area contributed by atoms with E-state index >= 15 is 0 Å². The molecule has 0 amide bonds. The zero-order chi connectivity index (χ0) is 12.7. The van der Waals surface area contributed by atoms with Crippen molar-refractivity contribution in [3.05, 3.63) is 5.82 Å². The molecule has 0 fully saturated rings. The van der Waals surface area contributed by atoms with Crippen LogP contribution in [0.2, 0.25) is 0 Å². The molecule has 0 bridgehead atoms. The first kappa shape index (κ1) is 13.7. The first-order valence-electron chi connectivity index (χ1n) is 6.31. The summed E-state index contributed by atoms with van der Waals surface area (Å²) in [5.74, 6) is 1.76. The van der Waals surface area contributed by atoms with Gasteiger partial charge in [0, 0.05) is 20.5 Å². The van der Waals surface area contributed by atoms with Gasteiger partial charge in [0.1, 0.15) is 5.82 Å². The zero-order valence-electron chi connectivity index (χ0n) is 11.1. The van der Waals surface area contributed by atoms with E-state index in [1.165, 1.54) is 25.7 Å². The molecule has 0 unspecified atom stereocenters. The van der Waals surface area contributed by atoms with Gasteiger partial charge in [-0.05, 0) is 6.42 Å². The fourth-order valence-electron chi connectivity index (χ4n) is 1.62. The van der Waals surface area contributed by atoms with Gasteiger partial charge < -0.3 is 10.6 Å². The summed E-state index contributed by atoms with van der Waals surface area (Å²) in [4.78, 5) is 14.5. The number of aryl methyl sites for hydroxylation is 1. The number of hydrogen-bond acceptors (Lipinski definition) is 5. The molecule has 1 heterocycles. The number of unbranched alkanes of at least 4 members (excludes halogenated alkanes) is 4. The summed E-state index contributed by atoms with van der Waals surface area (Å²) in [7, 11) is 3.81. The van der Waals surface area contributed by atoms with Gasteiger partial charge in [-0.25, -0.2) is 0 Å². The second-order valence-corrected chi connectivity index (χ2v) is 4.47. The SMILES string of the molecule is CCCCCCCc1nc(N)nc(N(C)C)n1. The van der Waals surface area contributed by atoms with E-state index in [0.717, 1.165) is 18.7 Å². The highest BCUT2D eigenvalue weighted by atomic mass is 15.3. The van der Waals surface area contributed by atoms with E-state index in [1.54, 1.807) is 0 Å². The van der Waals surface area contributed by atoms with Crippen LogP contribution in [-0.4, -0.2) is 29.0 Å². The largest absolute Gasteiger partial charge is 0.368 e. The van der Waals surface area contributed by atoms with Crippen LogP contribution in [0.15, 0.2) is 0 Å². The lowest BCUT2D eigenvalue weighted by Gasteiger charge is -2.11. The molecule has 5 heteroatoms. The molecular formula is C12H23N5. The summed E-state index contributed by atoms with van der Waals surface area (Å²) in [6, 6.07) is 0. The molecule has 5 nitrogen and oxygen atoms in total. The van der Waals surface area contributed by atoms with Crippen molar-refractivity contribution in [1.29, 1.82) is 0 Å². The molecule has 0 radical (unpaired) electrons. The quantitative estimate of drug-likeness (QED) is 0.735. The molecule has 0 aromatic carbocycles. The molecule has 2 N–H and O–H groups in total. The third kappa shape index (κ3) is 4.97. The summed E-state index contributed by atoms with van der Waals surface area (Å²) in [6.45, 7) is 2.22. The second-order valence-electron chi connectivity index (χ2n) is 4.47. The molecule has 0 saturated heterocycles. The fraction of sp³-hybridized carbons (Fsp3) is 0.750. The van der Waals surface area contributed by atoms with E-state index in [2.05, 4.69) is 21.9 Å². The van der Waals surface area contributed by atoms with Crippen molar-refractivity contribution in [3.8, 4) is 0 Å². The highest BCUT2D eigenvalue weighted by molar-refractivity contribution is 5.32. The molecule has 17 heavy (non-hydrogen) atoms. The van der Waals surface area contributed by atoms with Gasteiger partial charge in [-0.2, -0.15) is 15.0 Å². The fourth-order valence-corrected chi connectivity index (χ4v) is 1.62. The molecule has 1 aromatic rings. The van der Waals surface area contributed by atoms with Crippen LogP contribution in [0.3, 0.4) is 0 Å². The molecule has 0 saturated carbocycles. The van der Waals surface area contributed by atoms with Crippen LogP contribution in [0.4, 0.5) is 11.9 Å². The minimum Gasteiger partial charge on any atom is -0.368 e. The predicted molar refractivity (Wildman–Crippen MR) is 71.0 cm³/mol. The summed E-state index contributed by atoms with van der Waals surface area (Å²) in [5, 5.41) is 0. The lowest BCUT2D eigenvalue weighted by Crippen LogP contribution is -2.16. The van der Waals surface area contributed by atoms with Crippen LogP contribution in [0, 0.1) is 0 Å². The number of rotatable bonds is 7. The van der Waals surface area contributed by atoms with Crippen LogP contribution >= 0.6 is 0 Å². The Morgan fingerprint density at radius 2 is 1.71 bits per heavy atom. The Balaban J connectivity index is 2.47. The Morgan fingerprint density at radius 3 is 2.35 bits per heavy atom. The predicted octanol–water partition coefficient (Wildman–Crippen LogP) is 2.03. The van der Waals surface area contributed by atoms with Crippen molar-refractivity contribution >= 4 is 11.9 Å². The third-order valence-electron chi connectivity index (χ3n) is 2.59. The Labute approximate surface area is 103 Å². The molecular weight excluding hydrogens is 214 g/mol. The smallest absolute Gasteiger partial charge is 0.229 e. The van der Waals surface area contributed by atoms with Gasteiger partial charge in [-0.15, -0.1) is 0 Å². The normalized spacial score (nSPS) is 10.5. The first-order chi connectivity index (χ1) is 8.13. The summed E-state index contributed by atoms with van der Waals surface area (Å²) in [6.07, 6.45) is 7.10. The monoisotopic (exact) mass is 237 g/mol. The third-order valence-corrected chi connectivity index (χ3v) is 2.59. The Hall–Kier alpha value is -1.39. The molecule has 0 aliphatic carbocycles. The summed E-state index contributed by atoms with van der Waals surface area (Å²) >= 11 is 0. The second kappa shape index (κ2) is 7.04. The van der Waals surface area contributed by atoms with Gasteiger partial charge in [0.2, 0.25) is 11.9 Å². The van der Waals surface area contributed by atoms with E-state index in [1.807, 2.05) is 19.0 Å². The first-order valence-corrected chi connectivity index (χ1v) is 6.31. The number of nitrogen functional groups attached to an aromatic ring is 1. The van der Waals surface area contributed by atoms with Crippen molar-refractivity contribution in [2.45, 2.75) is 45.4 Å². The van der Waals surface area contributed by atoms with Crippen LogP contribution in [0.25, 0.3) is 0 Å². The molecule has 0 aliphatic heterocycles. The Kier molecular flexibility index (Phi) is 5.66. The average Bonchev–Trinajstić information content (AvgIpc) is 2.28. The maximum Gasteiger partial charge on any atom is 0.229 e. The topological polar surface area (TPSA) is 67.9 Å². The molecule has 96 valence electrons. The summed E-state index contributed by atoms with van der Waals surface area (Å²) in [5.41, 5.74) is 5.66. The van der Waals surface area contributed by atoms with Gasteiger partial charge in [-0.1, -0.05) is 32.6 Å². The van der Waals surface area contributed by atoms with Crippen molar-refractivity contribution in [2.75, 3.05) is 24.7 Å². The molecule has 0 atom stereocenters. The van der Waals surface area contributed by atoms with Gasteiger partial charge in [0.25, 0.3) is 0 Å². The zero-order valence-corrected chi connectivity index (χ0v) is 11.1. The van der Waals surface area contributed by atoms with E-state index in [9.17, 15) is 0 Å². The van der Waals surface area contributed by atoms with Crippen molar-refractivity contribution < 1.29 is 0 Å². The van der Waals surface area contributed by atoms with Gasteiger partial charge >= 0.3 is 0 Å². The van der Waals surface area contributed by atoms with Gasteiger partial charge in [0.05, 0.1) is 0 Å². The minimum absolute atomic E-state index is 0.312. The van der Waals surface area contributed by atoms with Gasteiger partial charge in [0.15, 0.2) is 0 Å². The molecule has 0 aliphatic rings. The highest BCUT2D eigenvalue weighted by Crippen LogP contribution is 2.09. The lowest BCUT2D eigenvalue weighted by molar-refractivity contribution is 0.621. The average molecular weight is 237 g/mol. The minimum atomic E-state index is 0.312. The van der Waals surface area contributed by atoms with Crippen molar-refractivity contribution in [3.63, 3.8) is 0 Å². The maximum atomic E-state index is 5.66. The standard InChI is InChI=1S/C12H23N5/c1-4-5-6-7-8-9-10-14-11(13)16-12(15-10)17(2)3/h4-9H2,1-3H3,(H2,13,14,15,16). The van der Waals surface area contributed by atoms with E-state index in [-0.39, 0.29) is 0 Å². The number of nitrogens with two attached hydrogens (primary N) is 1. The number of aromatic nitrogens is 3. The number of hydrogen-bond donors (Lipinski definition) is 1. The molecule has 1 rings (SSSR count). The van der Waals surface area contributed by atoms with Crippen molar-refractivity contribution in [1.82, 2.24) is 15.0 Å². The number of anilines is 2. The van der Waals surface area contributed by atoms with Crippen LogP contribution in [0.1, 0.15) is 44.9 Å². The van der Waals surface area contributed by atoms with Crippen LogP contribution in [-0.2, 0) is 6.42 Å². The maximum absolute atomic E-state index is 5.66. The Morgan fingerprint density at radius 1 is 1.00 bits per heavy atom. The van der Waals surface area contributed by atoms with Crippen LogP contribution in [0.5, 0.6) is 0 Å². The van der Waals surface area contributed by atoms with Gasteiger partial charge in [-0.3, -0.25) is 0 Å². The van der Waals surface area contributed by atoms with E-state index in [4.69, 9.17) is 5.73 Å². The van der Waals surface area contributed by atoms with Crippen molar-refractivity contribution in [2.24, 2.45) is 0 Å². The Bertz CT molecular complexity index is 338. The van der Waals surface area contributed by atoms with Crippen LogP contribution < -0.4 is 10.6 Å². The molecule has 1 aromatic heterocycles. The highest BCUT2D eigenvalue weighted by Gasteiger charge is 2.05. The summed E-state index contributed by atoms with van der Waals surface area (Å²) < 4.78 is 0.